The first-order valence-corrected chi connectivity index (χ1v) is 6.95. The lowest BCUT2D eigenvalue weighted by molar-refractivity contribution is -0.384. The minimum Gasteiger partial charge on any atom is -0.508 e. The Labute approximate surface area is 133 Å². The number of non-ortho nitro benzene ring substituents is 1. The first-order chi connectivity index (χ1) is 11.0. The van der Waals surface area contributed by atoms with Gasteiger partial charge >= 0.3 is 0 Å². The van der Waals surface area contributed by atoms with E-state index in [9.17, 15) is 25.1 Å². The number of aldehydes is 1. The summed E-state index contributed by atoms with van der Waals surface area (Å²) in [5.74, 6) is -0.299. The van der Waals surface area contributed by atoms with Gasteiger partial charge in [0.1, 0.15) is 17.8 Å². The van der Waals surface area contributed by atoms with Gasteiger partial charge in [-0.25, -0.2) is 0 Å². The zero-order valence-electron chi connectivity index (χ0n) is 12.8. The molecule has 0 atom stereocenters. The highest BCUT2D eigenvalue weighted by Gasteiger charge is 2.12. The Balaban J connectivity index is 0.00000127. The van der Waals surface area contributed by atoms with Crippen LogP contribution < -0.4 is 0 Å². The van der Waals surface area contributed by atoms with E-state index >= 15 is 0 Å². The van der Waals surface area contributed by atoms with Crippen LogP contribution in [-0.4, -0.2) is 21.4 Å². The van der Waals surface area contributed by atoms with Gasteiger partial charge in [-0.05, 0) is 41.5 Å². The second-order valence-electron chi connectivity index (χ2n) is 4.22. The normalized spacial score (nSPS) is 10.4. The van der Waals surface area contributed by atoms with E-state index in [1.54, 1.807) is 0 Å². The number of hydrogen-bond acceptors (Lipinski definition) is 5. The number of rotatable bonds is 4. The van der Waals surface area contributed by atoms with E-state index in [2.05, 4.69) is 0 Å². The predicted molar refractivity (Wildman–Crippen MR) is 87.4 cm³/mol. The molecule has 120 valence electrons. The molecule has 2 rings (SSSR count). The number of benzene rings is 2. The summed E-state index contributed by atoms with van der Waals surface area (Å²) in [6.07, 6.45) is 1.80. The van der Waals surface area contributed by atoms with Gasteiger partial charge in [0, 0.05) is 23.8 Å². The first-order valence-electron chi connectivity index (χ1n) is 6.95. The number of hydrogen-bond donors (Lipinski definition) is 2. The molecule has 0 unspecified atom stereocenters. The van der Waals surface area contributed by atoms with Crippen molar-refractivity contribution < 1.29 is 19.9 Å². The third-order valence-electron chi connectivity index (χ3n) is 2.90. The van der Waals surface area contributed by atoms with Gasteiger partial charge in [0.25, 0.3) is 5.69 Å². The van der Waals surface area contributed by atoms with Crippen molar-refractivity contribution in [3.63, 3.8) is 0 Å². The van der Waals surface area contributed by atoms with E-state index in [-0.39, 0.29) is 17.2 Å². The maximum atomic E-state index is 10.8. The van der Waals surface area contributed by atoms with E-state index in [0.717, 1.165) is 6.07 Å². The van der Waals surface area contributed by atoms with Crippen molar-refractivity contribution >= 4 is 17.5 Å². The molecule has 23 heavy (non-hydrogen) atoms. The Hall–Kier alpha value is -3.15. The van der Waals surface area contributed by atoms with Crippen molar-refractivity contribution in [3.8, 4) is 11.5 Å². The lowest BCUT2D eigenvalue weighted by Gasteiger charge is -2.09. The molecule has 0 saturated carbocycles. The Morgan fingerprint density at radius 3 is 2.17 bits per heavy atom. The van der Waals surface area contributed by atoms with Crippen LogP contribution in [0.1, 0.15) is 25.0 Å². The highest BCUT2D eigenvalue weighted by atomic mass is 16.6. The Kier molecular flexibility index (Phi) is 6.48. The van der Waals surface area contributed by atoms with Crippen molar-refractivity contribution in [2.45, 2.75) is 13.8 Å². The van der Waals surface area contributed by atoms with Crippen LogP contribution in [0.2, 0.25) is 0 Å². The van der Waals surface area contributed by atoms with Crippen LogP contribution in [-0.2, 0) is 4.79 Å². The molecule has 0 aliphatic rings. The molecule has 0 radical (unpaired) electrons. The minimum absolute atomic E-state index is 0.0702. The average Bonchev–Trinajstić information content (AvgIpc) is 2.55. The summed E-state index contributed by atoms with van der Waals surface area (Å²) in [4.78, 5) is 20.9. The smallest absolute Gasteiger partial charge is 0.269 e. The fourth-order valence-corrected chi connectivity index (χ4v) is 1.92. The zero-order valence-corrected chi connectivity index (χ0v) is 12.8. The quantitative estimate of drug-likeness (QED) is 0.388. The summed E-state index contributed by atoms with van der Waals surface area (Å²) < 4.78 is 0. The van der Waals surface area contributed by atoms with Gasteiger partial charge in [-0.2, -0.15) is 0 Å². The number of nitrogens with zero attached hydrogens (tertiary/aromatic N) is 1. The highest BCUT2D eigenvalue weighted by Crippen LogP contribution is 2.33. The van der Waals surface area contributed by atoms with Crippen LogP contribution in [0.15, 0.2) is 48.5 Å². The molecule has 0 aliphatic heterocycles. The van der Waals surface area contributed by atoms with Gasteiger partial charge in [0.2, 0.25) is 0 Å². The third-order valence-corrected chi connectivity index (χ3v) is 2.90. The highest BCUT2D eigenvalue weighted by molar-refractivity contribution is 5.91. The average molecular weight is 315 g/mol. The lowest BCUT2D eigenvalue weighted by atomic mass is 9.96. The number of carbonyl (C=O) groups excluding carboxylic acids is 1. The molecular weight excluding hydrogens is 298 g/mol. The summed E-state index contributed by atoms with van der Waals surface area (Å²) in [5.41, 5.74) is 1.21. The molecule has 0 heterocycles. The van der Waals surface area contributed by atoms with Crippen molar-refractivity contribution in [3.05, 3.63) is 69.8 Å². The van der Waals surface area contributed by atoms with Crippen LogP contribution >= 0.6 is 0 Å². The molecule has 0 fully saturated rings. The molecule has 6 heteroatoms. The molecule has 2 aromatic rings. The standard InChI is InChI=1S/C15H11NO5.C2H6/c17-8-7-13(14-6-5-12(18)9-15(14)19)10-1-3-11(4-2-10)16(20)21;1-2/h1-9,18-19H;1-2H3/b13-7-;. The van der Waals surface area contributed by atoms with Crippen molar-refractivity contribution in [2.75, 3.05) is 0 Å². The van der Waals surface area contributed by atoms with Gasteiger partial charge < -0.3 is 10.2 Å². The van der Waals surface area contributed by atoms with Crippen LogP contribution in [0.5, 0.6) is 11.5 Å². The lowest BCUT2D eigenvalue weighted by Crippen LogP contribution is -1.92. The van der Waals surface area contributed by atoms with E-state index < -0.39 is 4.92 Å². The van der Waals surface area contributed by atoms with Crippen LogP contribution in [0, 0.1) is 10.1 Å². The second kappa shape index (κ2) is 8.33. The topological polar surface area (TPSA) is 101 Å². The SMILES string of the molecule is CC.O=C/C=C(/c1ccc([N+](=O)[O-])cc1)c1ccc(O)cc1O. The summed E-state index contributed by atoms with van der Waals surface area (Å²) in [6.45, 7) is 4.00. The fraction of sp³-hybridized carbons (Fsp3) is 0.118. The second-order valence-corrected chi connectivity index (χ2v) is 4.22. The molecule has 2 N–H and O–H groups in total. The number of allylic oxidation sites excluding steroid dienone is 1. The van der Waals surface area contributed by atoms with Crippen LogP contribution in [0.3, 0.4) is 0 Å². The molecule has 0 aromatic heterocycles. The number of phenols is 2. The molecule has 0 bridgehead atoms. The number of nitro benzene ring substituents is 1. The van der Waals surface area contributed by atoms with Gasteiger partial charge in [-0.15, -0.1) is 0 Å². The molecule has 6 nitrogen and oxygen atoms in total. The number of phenolic OH excluding ortho intramolecular Hbond substituents is 2. The summed E-state index contributed by atoms with van der Waals surface area (Å²) in [5, 5.41) is 29.8. The monoisotopic (exact) mass is 315 g/mol. The Morgan fingerprint density at radius 2 is 1.70 bits per heavy atom. The minimum atomic E-state index is -0.523. The van der Waals surface area contributed by atoms with E-state index in [1.807, 2.05) is 13.8 Å². The predicted octanol–water partition coefficient (Wildman–Crippen LogP) is 3.66. The van der Waals surface area contributed by atoms with Gasteiger partial charge in [-0.1, -0.05) is 13.8 Å². The van der Waals surface area contributed by atoms with Gasteiger partial charge in [-0.3, -0.25) is 14.9 Å². The Bertz CT molecular complexity index is 720. The molecule has 2 aromatic carbocycles. The Morgan fingerprint density at radius 1 is 1.09 bits per heavy atom. The fourth-order valence-electron chi connectivity index (χ4n) is 1.92. The summed E-state index contributed by atoms with van der Waals surface area (Å²) >= 11 is 0. The molecule has 0 amide bonds. The van der Waals surface area contributed by atoms with Gasteiger partial charge in [0.15, 0.2) is 0 Å². The third kappa shape index (κ3) is 4.41. The largest absolute Gasteiger partial charge is 0.508 e. The van der Waals surface area contributed by atoms with E-state index in [0.29, 0.717) is 23.0 Å². The number of nitro groups is 1. The molecular formula is C17H17NO5. The van der Waals surface area contributed by atoms with Crippen molar-refractivity contribution in [1.29, 1.82) is 0 Å². The van der Waals surface area contributed by atoms with Crippen LogP contribution in [0.4, 0.5) is 5.69 Å². The maximum Gasteiger partial charge on any atom is 0.269 e. The van der Waals surface area contributed by atoms with Crippen molar-refractivity contribution in [2.24, 2.45) is 0 Å². The van der Waals surface area contributed by atoms with E-state index in [4.69, 9.17) is 0 Å². The van der Waals surface area contributed by atoms with Crippen LogP contribution in [0.25, 0.3) is 5.57 Å². The summed E-state index contributed by atoms with van der Waals surface area (Å²) in [7, 11) is 0. The van der Waals surface area contributed by atoms with Gasteiger partial charge in [0.05, 0.1) is 4.92 Å². The zero-order chi connectivity index (χ0) is 17.4. The molecule has 0 spiro atoms. The first kappa shape index (κ1) is 17.9. The maximum absolute atomic E-state index is 10.8. The number of carbonyl (C=O) groups is 1. The van der Waals surface area contributed by atoms with Crippen molar-refractivity contribution in [1.82, 2.24) is 0 Å². The number of aromatic hydroxyl groups is 2. The molecule has 0 saturated heterocycles. The molecule has 0 aliphatic carbocycles. The summed E-state index contributed by atoms with van der Waals surface area (Å²) in [6, 6.07) is 9.58. The van der Waals surface area contributed by atoms with E-state index in [1.165, 1.54) is 42.5 Å².